The van der Waals surface area contributed by atoms with Crippen LogP contribution in [-0.4, -0.2) is 5.16 Å². The largest absolute Gasteiger partial charge is 0.484 e. The molecule has 1 aromatic heterocycles. The summed E-state index contributed by atoms with van der Waals surface area (Å²) >= 11 is 0. The Hall–Kier alpha value is -2.35. The van der Waals surface area contributed by atoms with Gasteiger partial charge in [0.05, 0.1) is 5.69 Å². The van der Waals surface area contributed by atoms with E-state index < -0.39 is 5.82 Å². The van der Waals surface area contributed by atoms with E-state index in [2.05, 4.69) is 5.16 Å². The zero-order chi connectivity index (χ0) is 12.3. The summed E-state index contributed by atoms with van der Waals surface area (Å²) in [4.78, 5) is 0. The van der Waals surface area contributed by atoms with Gasteiger partial charge >= 0.3 is 0 Å². The maximum atomic E-state index is 13.2. The number of aromatic nitrogens is 1. The summed E-state index contributed by atoms with van der Waals surface area (Å²) in [5.74, 6) is 0.121. The second-order valence-electron chi connectivity index (χ2n) is 3.45. The van der Waals surface area contributed by atoms with Crippen LogP contribution in [0.2, 0.25) is 0 Å². The fraction of sp³-hybridized carbons (Fsp3) is 0.167. The lowest BCUT2D eigenvalue weighted by molar-refractivity contribution is 0.247. The van der Waals surface area contributed by atoms with E-state index in [0.717, 1.165) is 5.69 Å². The molecule has 1 heterocycles. The van der Waals surface area contributed by atoms with Gasteiger partial charge in [-0.3, -0.25) is 0 Å². The van der Waals surface area contributed by atoms with Crippen LogP contribution in [0.15, 0.2) is 28.8 Å². The lowest BCUT2D eigenvalue weighted by Gasteiger charge is -2.05. The second kappa shape index (κ2) is 4.66. The maximum absolute atomic E-state index is 13.2. The first kappa shape index (κ1) is 11.1. The molecule has 2 aromatic rings. The first-order chi connectivity index (χ1) is 8.20. The van der Waals surface area contributed by atoms with Crippen molar-refractivity contribution < 1.29 is 13.7 Å². The average molecular weight is 232 g/mol. The highest BCUT2D eigenvalue weighted by atomic mass is 19.1. The van der Waals surface area contributed by atoms with Gasteiger partial charge in [-0.2, -0.15) is 5.26 Å². The average Bonchev–Trinajstić information content (AvgIpc) is 2.72. The molecule has 0 N–H and O–H groups in total. The van der Waals surface area contributed by atoms with E-state index >= 15 is 0 Å². The van der Waals surface area contributed by atoms with Crippen molar-refractivity contribution in [3.05, 3.63) is 47.1 Å². The molecule has 0 aliphatic carbocycles. The number of benzene rings is 1. The van der Waals surface area contributed by atoms with E-state index in [-0.39, 0.29) is 17.9 Å². The predicted molar refractivity (Wildman–Crippen MR) is 56.7 cm³/mol. The van der Waals surface area contributed by atoms with E-state index in [1.165, 1.54) is 18.2 Å². The van der Waals surface area contributed by atoms with Crippen LogP contribution < -0.4 is 4.74 Å². The number of aryl methyl sites for hydroxylation is 1. The molecule has 86 valence electrons. The van der Waals surface area contributed by atoms with Crippen molar-refractivity contribution in [1.82, 2.24) is 5.16 Å². The number of nitriles is 1. The van der Waals surface area contributed by atoms with Gasteiger partial charge in [-0.25, -0.2) is 4.39 Å². The summed E-state index contributed by atoms with van der Waals surface area (Å²) in [5.41, 5.74) is 0.632. The third-order valence-corrected chi connectivity index (χ3v) is 2.13. The summed E-state index contributed by atoms with van der Waals surface area (Å²) in [6, 6.07) is 7.70. The molecule has 0 bridgehead atoms. The molecular weight excluding hydrogens is 223 g/mol. The van der Waals surface area contributed by atoms with Crippen LogP contribution in [0, 0.1) is 24.1 Å². The van der Waals surface area contributed by atoms with Gasteiger partial charge in [-0.15, -0.1) is 0 Å². The Morgan fingerprint density at radius 3 is 3.00 bits per heavy atom. The van der Waals surface area contributed by atoms with Gasteiger partial charge in [0.2, 0.25) is 0 Å². The molecule has 4 nitrogen and oxygen atoms in total. The molecular formula is C12H9FN2O2. The van der Waals surface area contributed by atoms with Crippen LogP contribution in [0.3, 0.4) is 0 Å². The van der Waals surface area contributed by atoms with Gasteiger partial charge in [0, 0.05) is 6.07 Å². The zero-order valence-corrected chi connectivity index (χ0v) is 9.11. The second-order valence-corrected chi connectivity index (χ2v) is 3.45. The number of ether oxygens (including phenoxy) is 1. The van der Waals surface area contributed by atoms with E-state index in [9.17, 15) is 4.39 Å². The molecule has 17 heavy (non-hydrogen) atoms. The Balaban J connectivity index is 2.14. The minimum Gasteiger partial charge on any atom is -0.484 e. The lowest BCUT2D eigenvalue weighted by atomic mass is 10.2. The maximum Gasteiger partial charge on any atom is 0.174 e. The first-order valence-corrected chi connectivity index (χ1v) is 4.94. The molecule has 0 radical (unpaired) electrons. The minimum absolute atomic E-state index is 0.108. The number of hydrogen-bond acceptors (Lipinski definition) is 4. The van der Waals surface area contributed by atoms with E-state index in [1.807, 2.05) is 0 Å². The molecule has 1 aromatic carbocycles. The molecule has 0 saturated carbocycles. The number of hydrogen-bond donors (Lipinski definition) is 0. The van der Waals surface area contributed by atoms with Crippen molar-refractivity contribution in [2.75, 3.05) is 0 Å². The Bertz CT molecular complexity index is 572. The van der Waals surface area contributed by atoms with E-state index in [0.29, 0.717) is 5.76 Å². The van der Waals surface area contributed by atoms with Gasteiger partial charge in [0.1, 0.15) is 29.8 Å². The monoisotopic (exact) mass is 232 g/mol. The van der Waals surface area contributed by atoms with Crippen LogP contribution >= 0.6 is 0 Å². The number of nitrogens with zero attached hydrogens (tertiary/aromatic N) is 2. The van der Waals surface area contributed by atoms with Crippen molar-refractivity contribution in [3.8, 4) is 11.8 Å². The Kier molecular flexibility index (Phi) is 3.06. The normalized spacial score (nSPS) is 9.94. The van der Waals surface area contributed by atoms with E-state index in [1.54, 1.807) is 19.1 Å². The molecule has 2 rings (SSSR count). The Morgan fingerprint density at radius 2 is 2.35 bits per heavy atom. The van der Waals surface area contributed by atoms with Crippen LogP contribution in [-0.2, 0) is 6.61 Å². The van der Waals surface area contributed by atoms with Gasteiger partial charge in [0.15, 0.2) is 5.76 Å². The summed E-state index contributed by atoms with van der Waals surface area (Å²) in [6.07, 6.45) is 0. The molecule has 0 unspecified atom stereocenters. The Morgan fingerprint density at radius 1 is 1.53 bits per heavy atom. The molecule has 0 fully saturated rings. The molecule has 0 spiro atoms. The van der Waals surface area contributed by atoms with Crippen LogP contribution in [0.25, 0.3) is 0 Å². The smallest absolute Gasteiger partial charge is 0.174 e. The van der Waals surface area contributed by atoms with Crippen LogP contribution in [0.1, 0.15) is 17.0 Å². The molecule has 0 aliphatic heterocycles. The van der Waals surface area contributed by atoms with Crippen LogP contribution in [0.5, 0.6) is 5.75 Å². The van der Waals surface area contributed by atoms with Crippen molar-refractivity contribution in [1.29, 1.82) is 5.26 Å². The van der Waals surface area contributed by atoms with Crippen molar-refractivity contribution in [2.45, 2.75) is 13.5 Å². The number of halogens is 1. The van der Waals surface area contributed by atoms with Gasteiger partial charge in [0.25, 0.3) is 0 Å². The van der Waals surface area contributed by atoms with Gasteiger partial charge < -0.3 is 9.26 Å². The van der Waals surface area contributed by atoms with Crippen LogP contribution in [0.4, 0.5) is 4.39 Å². The SMILES string of the molecule is Cc1cc(COc2cccc(F)c2C#N)on1. The molecule has 0 amide bonds. The quantitative estimate of drug-likeness (QED) is 0.816. The third-order valence-electron chi connectivity index (χ3n) is 2.13. The van der Waals surface area contributed by atoms with Gasteiger partial charge in [-0.1, -0.05) is 11.2 Å². The highest BCUT2D eigenvalue weighted by Gasteiger charge is 2.10. The highest BCUT2D eigenvalue weighted by Crippen LogP contribution is 2.21. The fourth-order valence-electron chi connectivity index (χ4n) is 1.37. The predicted octanol–water partition coefficient (Wildman–Crippen LogP) is 2.57. The third kappa shape index (κ3) is 2.42. The first-order valence-electron chi connectivity index (χ1n) is 4.94. The van der Waals surface area contributed by atoms with Gasteiger partial charge in [-0.05, 0) is 19.1 Å². The minimum atomic E-state index is -0.598. The summed E-state index contributed by atoms with van der Waals surface area (Å²) in [5, 5.41) is 12.5. The summed E-state index contributed by atoms with van der Waals surface area (Å²) < 4.78 is 23.5. The van der Waals surface area contributed by atoms with E-state index in [4.69, 9.17) is 14.5 Å². The molecule has 0 saturated heterocycles. The topological polar surface area (TPSA) is 59.0 Å². The lowest BCUT2D eigenvalue weighted by Crippen LogP contribution is -1.97. The van der Waals surface area contributed by atoms with Crippen molar-refractivity contribution in [2.24, 2.45) is 0 Å². The molecule has 5 heteroatoms. The van der Waals surface area contributed by atoms with Crippen molar-refractivity contribution >= 4 is 0 Å². The number of rotatable bonds is 3. The Labute approximate surface area is 97.2 Å². The summed E-state index contributed by atoms with van der Waals surface area (Å²) in [6.45, 7) is 1.90. The summed E-state index contributed by atoms with van der Waals surface area (Å²) in [7, 11) is 0. The standard InChI is InChI=1S/C12H9FN2O2/c1-8-5-9(17-15-8)7-16-12-4-2-3-11(13)10(12)6-14/h2-5H,7H2,1H3. The molecule has 0 aliphatic rings. The zero-order valence-electron chi connectivity index (χ0n) is 9.11. The fourth-order valence-corrected chi connectivity index (χ4v) is 1.37. The van der Waals surface area contributed by atoms with Crippen molar-refractivity contribution in [3.63, 3.8) is 0 Å². The highest BCUT2D eigenvalue weighted by molar-refractivity contribution is 5.43. The molecule has 0 atom stereocenters.